The molecule has 1 aliphatic heterocycles. The molecule has 88 valence electrons. The molecule has 2 fully saturated rings. The molecular weight excluding hydrogens is 230 g/mol. The van der Waals surface area contributed by atoms with Crippen LogP contribution in [0.5, 0.6) is 0 Å². The topological polar surface area (TPSA) is 99.1 Å². The molecule has 0 bridgehead atoms. The number of hydrogen-bond acceptors (Lipinski definition) is 6. The number of rotatable bonds is 2. The van der Waals surface area contributed by atoms with Gasteiger partial charge in [0, 0.05) is 5.92 Å². The minimum Gasteiger partial charge on any atom is -0.337 e. The number of aromatic nitrogens is 2. The van der Waals surface area contributed by atoms with E-state index in [2.05, 4.69) is 10.1 Å². The predicted molar refractivity (Wildman–Crippen MR) is 55.4 cm³/mol. The van der Waals surface area contributed by atoms with Crippen molar-refractivity contribution in [2.24, 2.45) is 5.73 Å². The summed E-state index contributed by atoms with van der Waals surface area (Å²) < 4.78 is 27.7. The largest absolute Gasteiger partial charge is 0.337 e. The maximum absolute atomic E-state index is 11.3. The predicted octanol–water partition coefficient (Wildman–Crippen LogP) is -0.0805. The Kier molecular flexibility index (Phi) is 1.94. The van der Waals surface area contributed by atoms with Gasteiger partial charge in [-0.05, 0) is 19.3 Å². The highest BCUT2D eigenvalue weighted by Crippen LogP contribution is 2.42. The normalized spacial score (nSPS) is 30.4. The van der Waals surface area contributed by atoms with Crippen molar-refractivity contribution >= 4 is 9.84 Å². The molecule has 0 spiro atoms. The summed E-state index contributed by atoms with van der Waals surface area (Å²) >= 11 is 0. The molecule has 1 saturated heterocycles. The van der Waals surface area contributed by atoms with E-state index in [1.165, 1.54) is 0 Å². The Morgan fingerprint density at radius 2 is 2.19 bits per heavy atom. The Balaban J connectivity index is 1.83. The minimum atomic E-state index is -2.91. The third-order valence-electron chi connectivity index (χ3n) is 3.25. The molecule has 0 aromatic carbocycles. The zero-order chi connectivity index (χ0) is 11.4. The van der Waals surface area contributed by atoms with Gasteiger partial charge < -0.3 is 10.3 Å². The molecule has 16 heavy (non-hydrogen) atoms. The van der Waals surface area contributed by atoms with Crippen molar-refractivity contribution in [3.63, 3.8) is 0 Å². The zero-order valence-electron chi connectivity index (χ0n) is 8.72. The first kappa shape index (κ1) is 10.2. The Morgan fingerprint density at radius 1 is 1.44 bits per heavy atom. The Hall–Kier alpha value is -0.950. The van der Waals surface area contributed by atoms with Gasteiger partial charge >= 0.3 is 0 Å². The molecule has 0 amide bonds. The summed E-state index contributed by atoms with van der Waals surface area (Å²) in [5.74, 6) is 1.17. The SMILES string of the molecule is NC1(c2nc(C3CCS(=O)(=O)C3)no2)CC1. The van der Waals surface area contributed by atoms with Gasteiger partial charge in [0.25, 0.3) is 0 Å². The molecule has 2 heterocycles. The third-order valence-corrected chi connectivity index (χ3v) is 5.02. The lowest BCUT2D eigenvalue weighted by Gasteiger charge is -2.00. The lowest BCUT2D eigenvalue weighted by molar-refractivity contribution is 0.342. The van der Waals surface area contributed by atoms with Crippen LogP contribution in [-0.4, -0.2) is 30.1 Å². The van der Waals surface area contributed by atoms with Gasteiger partial charge in [-0.3, -0.25) is 0 Å². The van der Waals surface area contributed by atoms with E-state index in [4.69, 9.17) is 10.3 Å². The second kappa shape index (κ2) is 3.04. The molecule has 2 N–H and O–H groups in total. The molecule has 0 radical (unpaired) electrons. The smallest absolute Gasteiger partial charge is 0.246 e. The van der Waals surface area contributed by atoms with Gasteiger partial charge in [0.2, 0.25) is 5.89 Å². The second-order valence-corrected chi connectivity index (χ2v) is 6.94. The highest BCUT2D eigenvalue weighted by atomic mass is 32.2. The van der Waals surface area contributed by atoms with Crippen LogP contribution in [0.4, 0.5) is 0 Å². The quantitative estimate of drug-likeness (QED) is 0.780. The Morgan fingerprint density at radius 3 is 2.75 bits per heavy atom. The van der Waals surface area contributed by atoms with Crippen LogP contribution >= 0.6 is 0 Å². The zero-order valence-corrected chi connectivity index (χ0v) is 9.53. The van der Waals surface area contributed by atoms with E-state index >= 15 is 0 Å². The molecule has 1 aromatic rings. The van der Waals surface area contributed by atoms with Crippen molar-refractivity contribution in [1.82, 2.24) is 10.1 Å². The summed E-state index contributed by atoms with van der Waals surface area (Å²) in [4.78, 5) is 4.22. The highest BCUT2D eigenvalue weighted by molar-refractivity contribution is 7.91. The summed E-state index contributed by atoms with van der Waals surface area (Å²) in [6.07, 6.45) is 2.30. The van der Waals surface area contributed by atoms with Crippen LogP contribution in [0, 0.1) is 0 Å². The molecule has 1 aliphatic carbocycles. The van der Waals surface area contributed by atoms with Gasteiger partial charge in [-0.2, -0.15) is 4.98 Å². The number of hydrogen-bond donors (Lipinski definition) is 1. The van der Waals surface area contributed by atoms with Crippen LogP contribution in [0.2, 0.25) is 0 Å². The average Bonchev–Trinajstić information content (AvgIpc) is 2.68. The van der Waals surface area contributed by atoms with Crippen LogP contribution in [0.1, 0.15) is 36.9 Å². The molecule has 1 unspecified atom stereocenters. The van der Waals surface area contributed by atoms with E-state index in [0.29, 0.717) is 18.1 Å². The first-order chi connectivity index (χ1) is 7.49. The first-order valence-corrected chi connectivity index (χ1v) is 7.14. The minimum absolute atomic E-state index is 0.121. The van der Waals surface area contributed by atoms with Crippen molar-refractivity contribution < 1.29 is 12.9 Å². The maximum Gasteiger partial charge on any atom is 0.246 e. The molecule has 1 saturated carbocycles. The van der Waals surface area contributed by atoms with E-state index in [-0.39, 0.29) is 17.4 Å². The van der Waals surface area contributed by atoms with E-state index in [9.17, 15) is 8.42 Å². The van der Waals surface area contributed by atoms with Crippen LogP contribution < -0.4 is 5.73 Å². The van der Waals surface area contributed by atoms with Crippen molar-refractivity contribution in [3.8, 4) is 0 Å². The number of nitrogens with two attached hydrogens (primary N) is 1. The summed E-state index contributed by atoms with van der Waals surface area (Å²) in [6.45, 7) is 0. The number of nitrogens with zero attached hydrogens (tertiary/aromatic N) is 2. The first-order valence-electron chi connectivity index (χ1n) is 5.32. The molecule has 1 atom stereocenters. The monoisotopic (exact) mass is 243 g/mol. The Bertz CT molecular complexity index is 518. The lowest BCUT2D eigenvalue weighted by Crippen LogP contribution is -2.19. The fourth-order valence-corrected chi connectivity index (χ4v) is 3.69. The molecule has 6 nitrogen and oxygen atoms in total. The second-order valence-electron chi connectivity index (χ2n) is 4.71. The van der Waals surface area contributed by atoms with Crippen LogP contribution in [0.15, 0.2) is 4.52 Å². The van der Waals surface area contributed by atoms with Gasteiger partial charge in [0.05, 0.1) is 17.0 Å². The van der Waals surface area contributed by atoms with Crippen LogP contribution in [0.3, 0.4) is 0 Å². The van der Waals surface area contributed by atoms with Gasteiger partial charge in [-0.15, -0.1) is 0 Å². The maximum atomic E-state index is 11.3. The van der Waals surface area contributed by atoms with Crippen LogP contribution in [0.25, 0.3) is 0 Å². The van der Waals surface area contributed by atoms with Gasteiger partial charge in [-0.25, -0.2) is 8.42 Å². The van der Waals surface area contributed by atoms with E-state index in [1.807, 2.05) is 0 Å². The van der Waals surface area contributed by atoms with E-state index < -0.39 is 15.4 Å². The summed E-state index contributed by atoms with van der Waals surface area (Å²) in [7, 11) is -2.91. The summed E-state index contributed by atoms with van der Waals surface area (Å²) in [5.41, 5.74) is 5.48. The Labute approximate surface area is 93.1 Å². The lowest BCUT2D eigenvalue weighted by atomic mass is 10.1. The average molecular weight is 243 g/mol. The van der Waals surface area contributed by atoms with Crippen LogP contribution in [-0.2, 0) is 15.4 Å². The molecule has 1 aromatic heterocycles. The highest BCUT2D eigenvalue weighted by Gasteiger charge is 2.46. The fraction of sp³-hybridized carbons (Fsp3) is 0.778. The standard InChI is InChI=1S/C9H13N3O3S/c10-9(2-3-9)8-11-7(12-15-8)6-1-4-16(13,14)5-6/h6H,1-5,10H2. The van der Waals surface area contributed by atoms with Gasteiger partial charge in [-0.1, -0.05) is 5.16 Å². The van der Waals surface area contributed by atoms with Crippen molar-refractivity contribution in [1.29, 1.82) is 0 Å². The summed E-state index contributed by atoms with van der Waals surface area (Å²) in [6, 6.07) is 0. The fourth-order valence-electron chi connectivity index (χ4n) is 1.95. The molecular formula is C9H13N3O3S. The van der Waals surface area contributed by atoms with Crippen molar-refractivity contribution in [2.75, 3.05) is 11.5 Å². The molecule has 2 aliphatic rings. The van der Waals surface area contributed by atoms with Gasteiger partial charge in [0.1, 0.15) is 0 Å². The molecule has 7 heteroatoms. The van der Waals surface area contributed by atoms with Gasteiger partial charge in [0.15, 0.2) is 15.7 Å². The number of sulfone groups is 1. The molecule has 3 rings (SSSR count). The van der Waals surface area contributed by atoms with E-state index in [1.54, 1.807) is 0 Å². The summed E-state index contributed by atoms with van der Waals surface area (Å²) in [5, 5.41) is 3.84. The van der Waals surface area contributed by atoms with E-state index in [0.717, 1.165) is 12.8 Å². The third kappa shape index (κ3) is 1.63. The van der Waals surface area contributed by atoms with Crippen molar-refractivity contribution in [2.45, 2.75) is 30.7 Å². The van der Waals surface area contributed by atoms with Crippen molar-refractivity contribution in [3.05, 3.63) is 11.7 Å².